The van der Waals surface area contributed by atoms with Gasteiger partial charge in [0.25, 0.3) is 0 Å². The maximum absolute atomic E-state index is 12.2. The average Bonchev–Trinajstić information content (AvgIpc) is 2.53. The molecule has 1 heterocycles. The number of nitrogens with zero attached hydrogens (tertiary/aromatic N) is 1. The van der Waals surface area contributed by atoms with Gasteiger partial charge in [-0.15, -0.1) is 0 Å². The van der Waals surface area contributed by atoms with Crippen LogP contribution in [0, 0.1) is 0 Å². The van der Waals surface area contributed by atoms with Gasteiger partial charge in [0.2, 0.25) is 0 Å². The van der Waals surface area contributed by atoms with Crippen LogP contribution >= 0.6 is 0 Å². The van der Waals surface area contributed by atoms with Crippen LogP contribution in [0.4, 0.5) is 4.79 Å². The highest BCUT2D eigenvalue weighted by Gasteiger charge is 2.38. The van der Waals surface area contributed by atoms with Gasteiger partial charge in [0.15, 0.2) is 0 Å². The Morgan fingerprint density at radius 1 is 1.30 bits per heavy atom. The molecule has 0 radical (unpaired) electrons. The molecule has 1 amide bonds. The number of benzene rings is 1. The third kappa shape index (κ3) is 4.16. The topological polar surface area (TPSA) is 59.0 Å². The molecule has 5 heteroatoms. The number of rotatable bonds is 3. The van der Waals surface area contributed by atoms with Crippen LogP contribution in [-0.4, -0.2) is 48.5 Å². The van der Waals surface area contributed by atoms with Gasteiger partial charge in [-0.1, -0.05) is 12.1 Å². The quantitative estimate of drug-likeness (QED) is 0.930. The van der Waals surface area contributed by atoms with Crippen molar-refractivity contribution in [3.8, 4) is 5.75 Å². The summed E-state index contributed by atoms with van der Waals surface area (Å²) in [5.74, 6) is 0.782. The molecular weight excluding hydrogens is 294 g/mol. The second kappa shape index (κ2) is 6.79. The number of ether oxygens (including phenoxy) is 2. The number of aliphatic hydroxyl groups excluding tert-OH is 1. The predicted molar refractivity (Wildman–Crippen MR) is 88.8 cm³/mol. The molecule has 0 aliphatic carbocycles. The second-order valence-electron chi connectivity index (χ2n) is 7.14. The molecule has 1 aliphatic rings. The van der Waals surface area contributed by atoms with Crippen molar-refractivity contribution in [3.05, 3.63) is 29.8 Å². The van der Waals surface area contributed by atoms with E-state index in [-0.39, 0.29) is 18.1 Å². The molecule has 0 bridgehead atoms. The van der Waals surface area contributed by atoms with Crippen LogP contribution in [-0.2, 0) is 10.2 Å². The van der Waals surface area contributed by atoms with Gasteiger partial charge in [-0.05, 0) is 51.3 Å². The summed E-state index contributed by atoms with van der Waals surface area (Å²) in [6.07, 6.45) is 1.13. The van der Waals surface area contributed by atoms with Crippen molar-refractivity contribution in [3.63, 3.8) is 0 Å². The summed E-state index contributed by atoms with van der Waals surface area (Å²) >= 11 is 0. The first-order valence-corrected chi connectivity index (χ1v) is 8.03. The third-order valence-corrected chi connectivity index (χ3v) is 4.36. The molecule has 0 saturated carbocycles. The van der Waals surface area contributed by atoms with Gasteiger partial charge in [-0.25, -0.2) is 4.79 Å². The van der Waals surface area contributed by atoms with E-state index in [1.54, 1.807) is 12.0 Å². The van der Waals surface area contributed by atoms with Crippen LogP contribution in [0.25, 0.3) is 0 Å². The molecule has 0 atom stereocenters. The van der Waals surface area contributed by atoms with E-state index in [0.29, 0.717) is 25.9 Å². The SMILES string of the molecule is COc1cccc(C2(CO)CCN(C(=O)OC(C)(C)C)CC2)c1. The van der Waals surface area contributed by atoms with Crippen molar-refractivity contribution in [1.82, 2.24) is 4.90 Å². The Labute approximate surface area is 138 Å². The van der Waals surface area contributed by atoms with Crippen molar-refractivity contribution in [2.45, 2.75) is 44.6 Å². The Bertz CT molecular complexity index is 542. The van der Waals surface area contributed by atoms with Crippen molar-refractivity contribution < 1.29 is 19.4 Å². The lowest BCUT2D eigenvalue weighted by molar-refractivity contribution is 0.0123. The van der Waals surface area contributed by atoms with E-state index in [1.807, 2.05) is 45.0 Å². The van der Waals surface area contributed by atoms with Crippen LogP contribution < -0.4 is 4.74 Å². The molecule has 1 aromatic rings. The largest absolute Gasteiger partial charge is 0.497 e. The molecule has 1 aliphatic heterocycles. The summed E-state index contributed by atoms with van der Waals surface area (Å²) in [5, 5.41) is 9.99. The number of methoxy groups -OCH3 is 1. The monoisotopic (exact) mass is 321 g/mol. The van der Waals surface area contributed by atoms with Crippen molar-refractivity contribution in [2.24, 2.45) is 0 Å². The zero-order valence-electron chi connectivity index (χ0n) is 14.5. The summed E-state index contributed by atoms with van der Waals surface area (Å²) in [6.45, 7) is 6.80. The first-order valence-electron chi connectivity index (χ1n) is 8.03. The van der Waals surface area contributed by atoms with E-state index in [2.05, 4.69) is 0 Å². The van der Waals surface area contributed by atoms with Gasteiger partial charge in [-0.2, -0.15) is 0 Å². The van der Waals surface area contributed by atoms with E-state index >= 15 is 0 Å². The Hall–Kier alpha value is -1.75. The maximum Gasteiger partial charge on any atom is 0.410 e. The molecule has 1 saturated heterocycles. The van der Waals surface area contributed by atoms with E-state index in [0.717, 1.165) is 11.3 Å². The molecule has 1 N–H and O–H groups in total. The first kappa shape index (κ1) is 17.6. The van der Waals surface area contributed by atoms with Gasteiger partial charge in [-0.3, -0.25) is 0 Å². The number of piperidine rings is 1. The normalized spacial score (nSPS) is 17.7. The highest BCUT2D eigenvalue weighted by atomic mass is 16.6. The van der Waals surface area contributed by atoms with E-state index in [9.17, 15) is 9.90 Å². The summed E-state index contributed by atoms with van der Waals surface area (Å²) in [7, 11) is 1.63. The predicted octanol–water partition coefficient (Wildman–Crippen LogP) is 2.96. The fraction of sp³-hybridized carbons (Fsp3) is 0.611. The fourth-order valence-corrected chi connectivity index (χ4v) is 2.93. The Morgan fingerprint density at radius 3 is 2.48 bits per heavy atom. The summed E-state index contributed by atoms with van der Waals surface area (Å²) < 4.78 is 10.7. The van der Waals surface area contributed by atoms with Crippen LogP contribution in [0.5, 0.6) is 5.75 Å². The van der Waals surface area contributed by atoms with Crippen molar-refractivity contribution in [2.75, 3.05) is 26.8 Å². The molecule has 5 nitrogen and oxygen atoms in total. The first-order chi connectivity index (χ1) is 10.8. The van der Waals surface area contributed by atoms with Gasteiger partial charge < -0.3 is 19.5 Å². The fourth-order valence-electron chi connectivity index (χ4n) is 2.93. The van der Waals surface area contributed by atoms with Gasteiger partial charge in [0.05, 0.1) is 13.7 Å². The van der Waals surface area contributed by atoms with Crippen LogP contribution in [0.3, 0.4) is 0 Å². The minimum absolute atomic E-state index is 0.0579. The zero-order chi connectivity index (χ0) is 17.1. The zero-order valence-corrected chi connectivity index (χ0v) is 14.5. The molecule has 2 rings (SSSR count). The van der Waals surface area contributed by atoms with Crippen LogP contribution in [0.1, 0.15) is 39.2 Å². The highest BCUT2D eigenvalue weighted by Crippen LogP contribution is 2.36. The number of amides is 1. The van der Waals surface area contributed by atoms with Crippen LogP contribution in [0.2, 0.25) is 0 Å². The van der Waals surface area contributed by atoms with E-state index < -0.39 is 5.60 Å². The lowest BCUT2D eigenvalue weighted by Gasteiger charge is -2.41. The Kier molecular flexibility index (Phi) is 5.19. The minimum atomic E-state index is -0.491. The third-order valence-electron chi connectivity index (χ3n) is 4.36. The molecule has 0 spiro atoms. The summed E-state index contributed by atoms with van der Waals surface area (Å²) in [6, 6.07) is 7.82. The van der Waals surface area contributed by atoms with Gasteiger partial charge in [0.1, 0.15) is 11.4 Å². The molecule has 1 aromatic carbocycles. The van der Waals surface area contributed by atoms with E-state index in [1.165, 1.54) is 0 Å². The van der Waals surface area contributed by atoms with Crippen LogP contribution in [0.15, 0.2) is 24.3 Å². The Balaban J connectivity index is 2.09. The highest BCUT2D eigenvalue weighted by molar-refractivity contribution is 5.68. The van der Waals surface area contributed by atoms with Crippen molar-refractivity contribution in [1.29, 1.82) is 0 Å². The molecule has 23 heavy (non-hydrogen) atoms. The lowest BCUT2D eigenvalue weighted by atomic mass is 9.73. The molecule has 0 aromatic heterocycles. The number of hydrogen-bond acceptors (Lipinski definition) is 4. The number of hydrogen-bond donors (Lipinski definition) is 1. The molecule has 0 unspecified atom stereocenters. The van der Waals surface area contributed by atoms with Gasteiger partial charge >= 0.3 is 6.09 Å². The number of carbonyl (C=O) groups is 1. The average molecular weight is 321 g/mol. The second-order valence-corrected chi connectivity index (χ2v) is 7.14. The smallest absolute Gasteiger partial charge is 0.410 e. The van der Waals surface area contributed by atoms with E-state index in [4.69, 9.17) is 9.47 Å². The minimum Gasteiger partial charge on any atom is -0.497 e. The van der Waals surface area contributed by atoms with Gasteiger partial charge in [0, 0.05) is 18.5 Å². The molecule has 128 valence electrons. The Morgan fingerprint density at radius 2 is 1.96 bits per heavy atom. The number of aliphatic hydroxyl groups is 1. The lowest BCUT2D eigenvalue weighted by Crippen LogP contribution is -2.48. The standard InChI is InChI=1S/C18H27NO4/c1-17(2,3)23-16(21)19-10-8-18(13-20,9-11-19)14-6-5-7-15(12-14)22-4/h5-7,12,20H,8-11,13H2,1-4H3. The maximum atomic E-state index is 12.2. The molecule has 1 fully saturated rings. The number of likely N-dealkylation sites (tertiary alicyclic amines) is 1. The molecular formula is C18H27NO4. The summed E-state index contributed by atoms with van der Waals surface area (Å²) in [4.78, 5) is 13.9. The summed E-state index contributed by atoms with van der Waals surface area (Å²) in [5.41, 5.74) is 0.241. The van der Waals surface area contributed by atoms with Crippen molar-refractivity contribution >= 4 is 6.09 Å². The number of carbonyl (C=O) groups excluding carboxylic acids is 1.